The van der Waals surface area contributed by atoms with Gasteiger partial charge in [-0.1, -0.05) is 18.2 Å². The third-order valence-corrected chi connectivity index (χ3v) is 4.60. The molecule has 2 N–H and O–H groups in total. The summed E-state index contributed by atoms with van der Waals surface area (Å²) in [6.07, 6.45) is 4.48. The van der Waals surface area contributed by atoms with Crippen LogP contribution < -0.4 is 10.9 Å². The second kappa shape index (κ2) is 7.55. The van der Waals surface area contributed by atoms with Crippen molar-refractivity contribution < 1.29 is 0 Å². The second-order valence-corrected chi connectivity index (χ2v) is 6.50. The number of aryl methyl sites for hydroxylation is 1. The lowest BCUT2D eigenvalue weighted by atomic mass is 10.2. The topological polar surface area (TPSA) is 75.6 Å². The van der Waals surface area contributed by atoms with Crippen LogP contribution in [-0.4, -0.2) is 26.3 Å². The molecule has 0 aliphatic rings. The van der Waals surface area contributed by atoms with E-state index < -0.39 is 0 Å². The Morgan fingerprint density at radius 1 is 1.11 bits per heavy atom. The summed E-state index contributed by atoms with van der Waals surface area (Å²) in [6.45, 7) is 3.27. The average molecular weight is 359 g/mol. The molecule has 6 heteroatoms. The first-order valence-corrected chi connectivity index (χ1v) is 8.99. The van der Waals surface area contributed by atoms with Crippen molar-refractivity contribution in [3.8, 4) is 5.69 Å². The lowest BCUT2D eigenvalue weighted by Gasteiger charge is -2.06. The molecular weight excluding hydrogens is 338 g/mol. The Bertz CT molecular complexity index is 1100. The lowest BCUT2D eigenvalue weighted by molar-refractivity contribution is 0.682. The van der Waals surface area contributed by atoms with E-state index in [-0.39, 0.29) is 5.56 Å². The summed E-state index contributed by atoms with van der Waals surface area (Å²) >= 11 is 0. The largest absolute Gasteiger partial charge is 0.312 e. The maximum absolute atomic E-state index is 12.5. The summed E-state index contributed by atoms with van der Waals surface area (Å²) in [5.74, 6) is 0. The van der Waals surface area contributed by atoms with Crippen molar-refractivity contribution in [3.63, 3.8) is 0 Å². The van der Waals surface area contributed by atoms with Crippen molar-refractivity contribution in [1.82, 2.24) is 25.1 Å². The van der Waals surface area contributed by atoms with Crippen LogP contribution in [0.2, 0.25) is 0 Å². The monoisotopic (exact) mass is 359 g/mol. The molecular formula is C21H21N5O. The number of nitrogens with zero attached hydrogens (tertiary/aromatic N) is 3. The molecule has 27 heavy (non-hydrogen) atoms. The SMILES string of the molecule is Cc1nn(-c2ccccc2)c2[nH]c(=O)c(CNCCc3ccncc3)cc12. The van der Waals surface area contributed by atoms with E-state index >= 15 is 0 Å². The molecule has 0 aliphatic carbocycles. The number of nitrogens with one attached hydrogen (secondary N) is 2. The third-order valence-electron chi connectivity index (χ3n) is 4.60. The van der Waals surface area contributed by atoms with E-state index in [9.17, 15) is 4.79 Å². The van der Waals surface area contributed by atoms with Crippen LogP contribution in [0.1, 0.15) is 16.8 Å². The van der Waals surface area contributed by atoms with Crippen molar-refractivity contribution in [1.29, 1.82) is 0 Å². The van der Waals surface area contributed by atoms with E-state index in [4.69, 9.17) is 0 Å². The van der Waals surface area contributed by atoms with Crippen molar-refractivity contribution in [3.05, 3.63) is 88.1 Å². The van der Waals surface area contributed by atoms with Gasteiger partial charge in [0.05, 0.1) is 11.4 Å². The van der Waals surface area contributed by atoms with E-state index in [1.54, 1.807) is 17.1 Å². The van der Waals surface area contributed by atoms with Gasteiger partial charge in [0.25, 0.3) is 5.56 Å². The van der Waals surface area contributed by atoms with Crippen LogP contribution in [0, 0.1) is 6.92 Å². The van der Waals surface area contributed by atoms with Gasteiger partial charge in [0.15, 0.2) is 0 Å². The number of aromatic amines is 1. The zero-order chi connectivity index (χ0) is 18.6. The van der Waals surface area contributed by atoms with E-state index in [0.717, 1.165) is 35.4 Å². The number of H-pyrrole nitrogens is 1. The zero-order valence-corrected chi connectivity index (χ0v) is 15.1. The van der Waals surface area contributed by atoms with Gasteiger partial charge in [0.1, 0.15) is 5.65 Å². The Kier molecular flexibility index (Phi) is 4.80. The lowest BCUT2D eigenvalue weighted by Crippen LogP contribution is -2.23. The Labute approximate surface area is 156 Å². The molecule has 3 heterocycles. The molecule has 6 nitrogen and oxygen atoms in total. The molecule has 0 amide bonds. The minimum Gasteiger partial charge on any atom is -0.312 e. The van der Waals surface area contributed by atoms with Crippen LogP contribution in [0.15, 0.2) is 65.7 Å². The van der Waals surface area contributed by atoms with Crippen LogP contribution in [0.3, 0.4) is 0 Å². The summed E-state index contributed by atoms with van der Waals surface area (Å²) in [5, 5.41) is 8.91. The van der Waals surface area contributed by atoms with Crippen molar-refractivity contribution >= 4 is 11.0 Å². The molecule has 0 fully saturated rings. The highest BCUT2D eigenvalue weighted by molar-refractivity contribution is 5.80. The van der Waals surface area contributed by atoms with Gasteiger partial charge >= 0.3 is 0 Å². The first-order chi connectivity index (χ1) is 13.2. The number of aromatic nitrogens is 4. The summed E-state index contributed by atoms with van der Waals surface area (Å²) in [4.78, 5) is 19.6. The molecule has 0 bridgehead atoms. The number of hydrogen-bond donors (Lipinski definition) is 2. The summed E-state index contributed by atoms with van der Waals surface area (Å²) < 4.78 is 1.78. The van der Waals surface area contributed by atoms with Gasteiger partial charge in [0.2, 0.25) is 0 Å². The number of para-hydroxylation sites is 1. The third kappa shape index (κ3) is 3.66. The number of pyridine rings is 2. The maximum Gasteiger partial charge on any atom is 0.254 e. The van der Waals surface area contributed by atoms with Gasteiger partial charge in [-0.3, -0.25) is 9.78 Å². The van der Waals surface area contributed by atoms with Crippen LogP contribution in [-0.2, 0) is 13.0 Å². The highest BCUT2D eigenvalue weighted by Crippen LogP contribution is 2.19. The van der Waals surface area contributed by atoms with E-state index in [1.807, 2.05) is 55.5 Å². The standard InChI is InChI=1S/C21H21N5O/c1-15-19-13-17(14-23-12-9-16-7-10-22-11-8-16)21(27)24-20(19)26(25-15)18-5-3-2-4-6-18/h2-8,10-11,13,23H,9,12,14H2,1H3,(H,24,27). The Hall–Kier alpha value is -3.25. The first kappa shape index (κ1) is 17.2. The predicted octanol–water partition coefficient (Wildman–Crippen LogP) is 2.75. The molecule has 0 saturated carbocycles. The molecule has 0 spiro atoms. The molecule has 1 aromatic carbocycles. The Morgan fingerprint density at radius 2 is 1.89 bits per heavy atom. The normalized spacial score (nSPS) is 11.1. The van der Waals surface area contributed by atoms with Crippen LogP contribution >= 0.6 is 0 Å². The number of hydrogen-bond acceptors (Lipinski definition) is 4. The molecule has 4 aromatic rings. The van der Waals surface area contributed by atoms with Crippen LogP contribution in [0.5, 0.6) is 0 Å². The number of rotatable bonds is 6. The quantitative estimate of drug-likeness (QED) is 0.519. The van der Waals surface area contributed by atoms with Crippen LogP contribution in [0.4, 0.5) is 0 Å². The molecule has 0 unspecified atom stereocenters. The van der Waals surface area contributed by atoms with Gasteiger partial charge < -0.3 is 10.3 Å². The van der Waals surface area contributed by atoms with Gasteiger partial charge in [-0.05, 0) is 55.8 Å². The summed E-state index contributed by atoms with van der Waals surface area (Å²) in [5.41, 5.74) is 4.40. The Morgan fingerprint density at radius 3 is 2.67 bits per heavy atom. The molecule has 0 aliphatic heterocycles. The highest BCUT2D eigenvalue weighted by Gasteiger charge is 2.12. The maximum atomic E-state index is 12.5. The number of benzene rings is 1. The van der Waals surface area contributed by atoms with Gasteiger partial charge in [0, 0.05) is 29.9 Å². The van der Waals surface area contributed by atoms with E-state index in [1.165, 1.54) is 5.56 Å². The average Bonchev–Trinajstić information content (AvgIpc) is 3.02. The van der Waals surface area contributed by atoms with Gasteiger partial charge in [-0.15, -0.1) is 0 Å². The summed E-state index contributed by atoms with van der Waals surface area (Å²) in [7, 11) is 0. The fraction of sp³-hybridized carbons (Fsp3) is 0.190. The van der Waals surface area contributed by atoms with E-state index in [0.29, 0.717) is 12.1 Å². The van der Waals surface area contributed by atoms with Crippen LogP contribution in [0.25, 0.3) is 16.7 Å². The first-order valence-electron chi connectivity index (χ1n) is 8.99. The van der Waals surface area contributed by atoms with Gasteiger partial charge in [-0.2, -0.15) is 5.10 Å². The minimum absolute atomic E-state index is 0.0870. The molecule has 0 saturated heterocycles. The molecule has 0 radical (unpaired) electrons. The zero-order valence-electron chi connectivity index (χ0n) is 15.1. The number of fused-ring (bicyclic) bond motifs is 1. The summed E-state index contributed by atoms with van der Waals surface area (Å²) in [6, 6.07) is 15.8. The Balaban J connectivity index is 1.54. The van der Waals surface area contributed by atoms with Crippen molar-refractivity contribution in [2.75, 3.05) is 6.54 Å². The van der Waals surface area contributed by atoms with Crippen molar-refractivity contribution in [2.24, 2.45) is 0 Å². The molecule has 0 atom stereocenters. The molecule has 3 aromatic heterocycles. The van der Waals surface area contributed by atoms with Crippen molar-refractivity contribution in [2.45, 2.75) is 19.9 Å². The van der Waals surface area contributed by atoms with Gasteiger partial charge in [-0.25, -0.2) is 4.68 Å². The minimum atomic E-state index is -0.0870. The second-order valence-electron chi connectivity index (χ2n) is 6.50. The molecule has 136 valence electrons. The molecule has 4 rings (SSSR count). The highest BCUT2D eigenvalue weighted by atomic mass is 16.1. The van der Waals surface area contributed by atoms with E-state index in [2.05, 4.69) is 20.4 Å². The smallest absolute Gasteiger partial charge is 0.254 e. The predicted molar refractivity (Wildman–Crippen MR) is 106 cm³/mol. The fourth-order valence-electron chi connectivity index (χ4n) is 3.15. The fourth-order valence-corrected chi connectivity index (χ4v) is 3.15.